The van der Waals surface area contributed by atoms with Gasteiger partial charge in [0, 0.05) is 29.0 Å². The molecule has 2 aliphatic rings. The molecular formula is C26H26ClFN4O3S. The van der Waals surface area contributed by atoms with Crippen molar-refractivity contribution < 1.29 is 18.7 Å². The predicted molar refractivity (Wildman–Crippen MR) is 137 cm³/mol. The predicted octanol–water partition coefficient (Wildman–Crippen LogP) is 6.18. The Hall–Kier alpha value is -3.04. The zero-order chi connectivity index (χ0) is 25.2. The number of aromatic nitrogens is 3. The second-order valence-corrected chi connectivity index (χ2v) is 10.1. The maximum atomic E-state index is 14.2. The molecule has 2 heterocycles. The lowest BCUT2D eigenvalue weighted by Crippen LogP contribution is -2.31. The summed E-state index contributed by atoms with van der Waals surface area (Å²) in [5.41, 5.74) is 2.71. The molecule has 1 N–H and O–H groups in total. The van der Waals surface area contributed by atoms with E-state index < -0.39 is 11.9 Å². The summed E-state index contributed by atoms with van der Waals surface area (Å²) in [6.45, 7) is 2.06. The maximum absolute atomic E-state index is 14.2. The molecule has 0 saturated heterocycles. The van der Waals surface area contributed by atoms with Crippen LogP contribution in [0.2, 0.25) is 5.02 Å². The van der Waals surface area contributed by atoms with Crippen LogP contribution in [0, 0.1) is 5.82 Å². The number of Topliss-reactive ketones (excluding diaryl/α,β-unsaturated/α-hetero) is 1. The smallest absolute Gasteiger partial charge is 0.227 e. The van der Waals surface area contributed by atoms with E-state index in [-0.39, 0.29) is 18.0 Å². The molecule has 0 spiro atoms. The van der Waals surface area contributed by atoms with E-state index in [2.05, 4.69) is 17.2 Å². The topological polar surface area (TPSA) is 78.3 Å². The van der Waals surface area contributed by atoms with Crippen LogP contribution in [0.5, 0.6) is 11.5 Å². The number of allylic oxidation sites excluding steroid dienone is 2. The lowest BCUT2D eigenvalue weighted by Gasteiger charge is -2.32. The van der Waals surface area contributed by atoms with Crippen LogP contribution >= 0.6 is 23.4 Å². The van der Waals surface area contributed by atoms with Crippen molar-refractivity contribution in [2.75, 3.05) is 18.2 Å². The van der Waals surface area contributed by atoms with Gasteiger partial charge >= 0.3 is 0 Å². The number of nitrogens with zero attached hydrogens (tertiary/aromatic N) is 3. The van der Waals surface area contributed by atoms with Crippen molar-refractivity contribution in [3.8, 4) is 11.5 Å². The van der Waals surface area contributed by atoms with Gasteiger partial charge in [-0.05, 0) is 49.1 Å². The van der Waals surface area contributed by atoms with Gasteiger partial charge in [0.2, 0.25) is 11.1 Å². The molecule has 36 heavy (non-hydrogen) atoms. The second kappa shape index (κ2) is 10.5. The minimum atomic E-state index is -0.434. The first kappa shape index (κ1) is 24.6. The molecule has 5 rings (SSSR count). The number of carbonyl (C=O) groups is 1. The Morgan fingerprint density at radius 1 is 1.25 bits per heavy atom. The Morgan fingerprint density at radius 2 is 2.11 bits per heavy atom. The van der Waals surface area contributed by atoms with E-state index in [9.17, 15) is 9.18 Å². The number of nitrogens with one attached hydrogen (secondary N) is 1. The van der Waals surface area contributed by atoms with Crippen molar-refractivity contribution in [1.29, 1.82) is 0 Å². The first-order chi connectivity index (χ1) is 17.5. The molecule has 1 aliphatic carbocycles. The number of hydrogen-bond donors (Lipinski definition) is 1. The molecule has 7 nitrogen and oxygen atoms in total. The van der Waals surface area contributed by atoms with Gasteiger partial charge in [-0.3, -0.25) is 4.79 Å². The van der Waals surface area contributed by atoms with Crippen molar-refractivity contribution in [2.45, 2.75) is 50.4 Å². The Kier molecular flexibility index (Phi) is 7.20. The van der Waals surface area contributed by atoms with Gasteiger partial charge in [0.15, 0.2) is 17.3 Å². The summed E-state index contributed by atoms with van der Waals surface area (Å²) in [7, 11) is 1.54. The number of ketones is 1. The highest BCUT2D eigenvalue weighted by molar-refractivity contribution is 7.99. The van der Waals surface area contributed by atoms with E-state index in [1.54, 1.807) is 41.8 Å². The van der Waals surface area contributed by atoms with Gasteiger partial charge in [0.05, 0.1) is 12.1 Å². The van der Waals surface area contributed by atoms with Gasteiger partial charge in [-0.1, -0.05) is 42.4 Å². The van der Waals surface area contributed by atoms with Crippen LogP contribution in [0.1, 0.15) is 49.8 Å². The molecular weight excluding hydrogens is 503 g/mol. The number of benzene rings is 2. The summed E-state index contributed by atoms with van der Waals surface area (Å²) >= 11 is 7.73. The molecule has 1 aliphatic heterocycles. The number of thioether (sulfide) groups is 1. The Balaban J connectivity index is 1.50. The second-order valence-electron chi connectivity index (χ2n) is 8.61. The lowest BCUT2D eigenvalue weighted by atomic mass is 9.85. The summed E-state index contributed by atoms with van der Waals surface area (Å²) in [6.07, 6.45) is 3.09. The zero-order valence-electron chi connectivity index (χ0n) is 20.0. The van der Waals surface area contributed by atoms with Gasteiger partial charge < -0.3 is 14.8 Å². The third-order valence-corrected chi connectivity index (χ3v) is 7.62. The van der Waals surface area contributed by atoms with Crippen LogP contribution in [0.15, 0.2) is 52.8 Å². The van der Waals surface area contributed by atoms with Crippen LogP contribution < -0.4 is 14.8 Å². The van der Waals surface area contributed by atoms with Gasteiger partial charge in [-0.25, -0.2) is 9.07 Å². The van der Waals surface area contributed by atoms with Crippen molar-refractivity contribution >= 4 is 35.1 Å². The van der Waals surface area contributed by atoms with Crippen molar-refractivity contribution in [3.05, 3.63) is 69.6 Å². The van der Waals surface area contributed by atoms with E-state index >= 15 is 0 Å². The molecule has 2 aromatic carbocycles. The molecule has 3 aromatic rings. The zero-order valence-corrected chi connectivity index (χ0v) is 21.6. The maximum Gasteiger partial charge on any atom is 0.227 e. The van der Waals surface area contributed by atoms with E-state index in [0.29, 0.717) is 39.6 Å². The fourth-order valence-electron chi connectivity index (χ4n) is 4.49. The average molecular weight is 529 g/mol. The van der Waals surface area contributed by atoms with Crippen LogP contribution in [0.25, 0.3) is 0 Å². The van der Waals surface area contributed by atoms with Crippen molar-refractivity contribution in [1.82, 2.24) is 14.8 Å². The number of halogens is 2. The molecule has 1 aromatic heterocycles. The molecule has 0 saturated carbocycles. The Bertz CT molecular complexity index is 1320. The summed E-state index contributed by atoms with van der Waals surface area (Å²) in [5.74, 6) is 2.11. The van der Waals surface area contributed by atoms with Crippen LogP contribution in [-0.4, -0.2) is 33.4 Å². The molecule has 0 fully saturated rings. The van der Waals surface area contributed by atoms with Crippen LogP contribution in [0.4, 0.5) is 10.3 Å². The van der Waals surface area contributed by atoms with Crippen molar-refractivity contribution in [2.24, 2.45) is 0 Å². The Morgan fingerprint density at radius 3 is 2.89 bits per heavy atom. The molecule has 0 bridgehead atoms. The monoisotopic (exact) mass is 528 g/mol. The summed E-state index contributed by atoms with van der Waals surface area (Å²) in [5, 5.41) is 9.05. The SMILES string of the molecule is CCCSc1nc2n(n1)C(c1ccc(OCc3c(F)cccc3Cl)c(OC)c1)C1=C(CCCC1=O)N2. The third-order valence-electron chi connectivity index (χ3n) is 6.22. The highest BCUT2D eigenvalue weighted by Gasteiger charge is 2.37. The first-order valence-corrected chi connectivity index (χ1v) is 13.2. The fraction of sp³-hybridized carbons (Fsp3) is 0.346. The fourth-order valence-corrected chi connectivity index (χ4v) is 5.39. The summed E-state index contributed by atoms with van der Waals surface area (Å²) in [6, 6.07) is 9.57. The lowest BCUT2D eigenvalue weighted by molar-refractivity contribution is -0.116. The first-order valence-electron chi connectivity index (χ1n) is 11.9. The summed E-state index contributed by atoms with van der Waals surface area (Å²) in [4.78, 5) is 17.8. The number of ether oxygens (including phenoxy) is 2. The highest BCUT2D eigenvalue weighted by atomic mass is 35.5. The number of carbonyl (C=O) groups excluding carboxylic acids is 1. The minimum absolute atomic E-state index is 0.0480. The largest absolute Gasteiger partial charge is 0.493 e. The van der Waals surface area contributed by atoms with Gasteiger partial charge in [-0.2, -0.15) is 4.98 Å². The molecule has 1 unspecified atom stereocenters. The number of rotatable bonds is 8. The van der Waals surface area contributed by atoms with E-state index in [0.717, 1.165) is 36.3 Å². The summed E-state index contributed by atoms with van der Waals surface area (Å²) < 4.78 is 27.5. The van der Waals surface area contributed by atoms with Gasteiger partial charge in [0.1, 0.15) is 18.5 Å². The molecule has 0 amide bonds. The number of methoxy groups -OCH3 is 1. The van der Waals surface area contributed by atoms with Crippen molar-refractivity contribution in [3.63, 3.8) is 0 Å². The number of hydrogen-bond acceptors (Lipinski definition) is 7. The normalized spacial score (nSPS) is 16.9. The molecule has 0 radical (unpaired) electrons. The standard InChI is InChI=1S/C26H26ClFN4O3S/c1-3-12-36-26-30-25-29-19-8-5-9-20(33)23(19)24(32(25)31-26)15-10-11-21(22(13-15)34-2)35-14-16-17(27)6-4-7-18(16)28/h4,6-7,10-11,13,24H,3,5,8-9,12,14H2,1-2H3,(H,29,30,31). The van der Waals surface area contributed by atoms with Gasteiger partial charge in [0.25, 0.3) is 0 Å². The minimum Gasteiger partial charge on any atom is -0.493 e. The quantitative estimate of drug-likeness (QED) is 0.350. The van der Waals surface area contributed by atoms with Gasteiger partial charge in [-0.15, -0.1) is 5.10 Å². The Labute approximate surface area is 218 Å². The van der Waals surface area contributed by atoms with Crippen LogP contribution in [0.3, 0.4) is 0 Å². The number of fused-ring (bicyclic) bond motifs is 1. The van der Waals surface area contributed by atoms with E-state index in [1.165, 1.54) is 6.07 Å². The third kappa shape index (κ3) is 4.69. The highest BCUT2D eigenvalue weighted by Crippen LogP contribution is 2.42. The van der Waals surface area contributed by atoms with Crippen LogP contribution in [-0.2, 0) is 11.4 Å². The average Bonchev–Trinajstić information content (AvgIpc) is 3.28. The van der Waals surface area contributed by atoms with E-state index in [4.69, 9.17) is 26.2 Å². The molecule has 10 heteroatoms. The number of anilines is 1. The molecule has 188 valence electrons. The van der Waals surface area contributed by atoms with E-state index in [1.807, 2.05) is 12.1 Å². The molecule has 1 atom stereocenters.